The Morgan fingerprint density at radius 1 is 1.00 bits per heavy atom. The number of benzene rings is 2. The zero-order valence-corrected chi connectivity index (χ0v) is 12.2. The molecule has 0 unspecified atom stereocenters. The van der Waals surface area contributed by atoms with Gasteiger partial charge in [-0.2, -0.15) is 0 Å². The number of allylic oxidation sites excluding steroid dienone is 1. The summed E-state index contributed by atoms with van der Waals surface area (Å²) in [7, 11) is 0. The summed E-state index contributed by atoms with van der Waals surface area (Å²) in [5.41, 5.74) is 1.21. The molecule has 22 heavy (non-hydrogen) atoms. The first-order valence-corrected chi connectivity index (χ1v) is 6.99. The molecule has 0 fully saturated rings. The molecule has 0 heterocycles. The average Bonchev–Trinajstić information content (AvgIpc) is 2.53. The molecular weight excluding hydrogens is 280 g/mol. The van der Waals surface area contributed by atoms with Crippen LogP contribution in [0.2, 0.25) is 0 Å². The Bertz CT molecular complexity index is 649. The number of carboxylic acid groups (broad SMARTS) is 1. The Morgan fingerprint density at radius 3 is 2.27 bits per heavy atom. The van der Waals surface area contributed by atoms with Crippen molar-refractivity contribution in [2.24, 2.45) is 0 Å². The van der Waals surface area contributed by atoms with Crippen LogP contribution in [-0.2, 0) is 6.42 Å². The SMILES string of the molecule is C=CCc1ccccc1OCCOc1ccccc1C(=O)O. The van der Waals surface area contributed by atoms with E-state index in [0.717, 1.165) is 17.7 Å². The van der Waals surface area contributed by atoms with E-state index in [1.165, 1.54) is 6.07 Å². The molecule has 0 saturated heterocycles. The molecular formula is C18H18O4. The maximum atomic E-state index is 11.1. The minimum Gasteiger partial charge on any atom is -0.490 e. The van der Waals surface area contributed by atoms with Gasteiger partial charge in [-0.05, 0) is 30.2 Å². The molecule has 4 nitrogen and oxygen atoms in total. The van der Waals surface area contributed by atoms with Crippen LogP contribution in [0.15, 0.2) is 61.2 Å². The highest BCUT2D eigenvalue weighted by Gasteiger charge is 2.10. The molecule has 0 aliphatic carbocycles. The predicted octanol–water partition coefficient (Wildman–Crippen LogP) is 3.57. The van der Waals surface area contributed by atoms with E-state index in [9.17, 15) is 4.79 Å². The summed E-state index contributed by atoms with van der Waals surface area (Å²) >= 11 is 0. The Labute approximate surface area is 129 Å². The Balaban J connectivity index is 1.90. The van der Waals surface area contributed by atoms with Crippen LogP contribution in [0.25, 0.3) is 0 Å². The highest BCUT2D eigenvalue weighted by Crippen LogP contribution is 2.20. The quantitative estimate of drug-likeness (QED) is 0.598. The molecule has 1 N–H and O–H groups in total. The first-order chi connectivity index (χ1) is 10.7. The zero-order chi connectivity index (χ0) is 15.8. The van der Waals surface area contributed by atoms with E-state index in [0.29, 0.717) is 12.4 Å². The van der Waals surface area contributed by atoms with Gasteiger partial charge in [0.25, 0.3) is 0 Å². The zero-order valence-electron chi connectivity index (χ0n) is 12.2. The van der Waals surface area contributed by atoms with Crippen molar-refractivity contribution in [3.8, 4) is 11.5 Å². The van der Waals surface area contributed by atoms with E-state index < -0.39 is 5.97 Å². The third-order valence-corrected chi connectivity index (χ3v) is 3.05. The number of hydrogen-bond donors (Lipinski definition) is 1. The van der Waals surface area contributed by atoms with E-state index >= 15 is 0 Å². The van der Waals surface area contributed by atoms with E-state index in [2.05, 4.69) is 6.58 Å². The standard InChI is InChI=1S/C18H18O4/c1-2-7-14-8-3-5-10-16(14)21-12-13-22-17-11-6-4-9-15(17)18(19)20/h2-6,8-11H,1,7,12-13H2,(H,19,20). The van der Waals surface area contributed by atoms with E-state index in [1.54, 1.807) is 18.2 Å². The third kappa shape index (κ3) is 4.12. The Morgan fingerprint density at radius 2 is 1.59 bits per heavy atom. The van der Waals surface area contributed by atoms with Crippen molar-refractivity contribution in [3.05, 3.63) is 72.3 Å². The van der Waals surface area contributed by atoms with Gasteiger partial charge in [-0.3, -0.25) is 0 Å². The second-order valence-electron chi connectivity index (χ2n) is 4.60. The summed E-state index contributed by atoms with van der Waals surface area (Å²) in [5.74, 6) is 0.128. The lowest BCUT2D eigenvalue weighted by Crippen LogP contribution is -2.11. The van der Waals surface area contributed by atoms with Gasteiger partial charge in [-0.15, -0.1) is 6.58 Å². The van der Waals surface area contributed by atoms with Crippen LogP contribution >= 0.6 is 0 Å². The molecule has 0 aromatic heterocycles. The summed E-state index contributed by atoms with van der Waals surface area (Å²) in [6.07, 6.45) is 2.56. The fraction of sp³-hybridized carbons (Fsp3) is 0.167. The van der Waals surface area contributed by atoms with Gasteiger partial charge >= 0.3 is 5.97 Å². The number of aromatic carboxylic acids is 1. The van der Waals surface area contributed by atoms with Crippen molar-refractivity contribution in [2.45, 2.75) is 6.42 Å². The molecule has 0 aliphatic heterocycles. The van der Waals surface area contributed by atoms with Crippen molar-refractivity contribution in [1.82, 2.24) is 0 Å². The summed E-state index contributed by atoms with van der Waals surface area (Å²) in [4.78, 5) is 11.1. The largest absolute Gasteiger partial charge is 0.490 e. The van der Waals surface area contributed by atoms with Crippen LogP contribution in [0.1, 0.15) is 15.9 Å². The molecule has 0 atom stereocenters. The van der Waals surface area contributed by atoms with Crippen LogP contribution in [0, 0.1) is 0 Å². The summed E-state index contributed by atoms with van der Waals surface area (Å²) in [6.45, 7) is 4.33. The fourth-order valence-electron chi connectivity index (χ4n) is 2.04. The molecule has 0 aliphatic rings. The Hall–Kier alpha value is -2.75. The number of carbonyl (C=O) groups is 1. The van der Waals surface area contributed by atoms with Gasteiger partial charge in [-0.25, -0.2) is 4.79 Å². The molecule has 4 heteroatoms. The molecule has 114 valence electrons. The van der Waals surface area contributed by atoms with Crippen LogP contribution in [0.4, 0.5) is 0 Å². The van der Waals surface area contributed by atoms with Crippen molar-refractivity contribution >= 4 is 5.97 Å². The predicted molar refractivity (Wildman–Crippen MR) is 84.7 cm³/mol. The molecule has 0 amide bonds. The third-order valence-electron chi connectivity index (χ3n) is 3.05. The second-order valence-corrected chi connectivity index (χ2v) is 4.60. The minimum atomic E-state index is -1.01. The topological polar surface area (TPSA) is 55.8 Å². The maximum absolute atomic E-state index is 11.1. The first-order valence-electron chi connectivity index (χ1n) is 6.99. The van der Waals surface area contributed by atoms with Gasteiger partial charge in [0, 0.05) is 0 Å². The lowest BCUT2D eigenvalue weighted by molar-refractivity contribution is 0.0691. The minimum absolute atomic E-state index is 0.148. The number of ether oxygens (including phenoxy) is 2. The van der Waals surface area contributed by atoms with Crippen LogP contribution in [0.3, 0.4) is 0 Å². The van der Waals surface area contributed by atoms with Gasteiger partial charge in [0.1, 0.15) is 30.3 Å². The second kappa shape index (κ2) is 7.88. The molecule has 0 bridgehead atoms. The van der Waals surface area contributed by atoms with Gasteiger partial charge in [-0.1, -0.05) is 36.4 Å². The molecule has 2 aromatic rings. The van der Waals surface area contributed by atoms with Crippen molar-refractivity contribution in [2.75, 3.05) is 13.2 Å². The van der Waals surface area contributed by atoms with Crippen molar-refractivity contribution in [1.29, 1.82) is 0 Å². The molecule has 0 spiro atoms. The lowest BCUT2D eigenvalue weighted by Gasteiger charge is -2.12. The van der Waals surface area contributed by atoms with E-state index in [1.807, 2.05) is 30.3 Å². The molecule has 2 aromatic carbocycles. The smallest absolute Gasteiger partial charge is 0.339 e. The monoisotopic (exact) mass is 298 g/mol. The number of para-hydroxylation sites is 2. The summed E-state index contributed by atoms with van der Waals surface area (Å²) < 4.78 is 11.2. The maximum Gasteiger partial charge on any atom is 0.339 e. The molecule has 2 rings (SSSR count). The van der Waals surface area contributed by atoms with E-state index in [-0.39, 0.29) is 12.2 Å². The highest BCUT2D eigenvalue weighted by atomic mass is 16.5. The average molecular weight is 298 g/mol. The fourth-order valence-corrected chi connectivity index (χ4v) is 2.04. The number of hydrogen-bond acceptors (Lipinski definition) is 3. The van der Waals surface area contributed by atoms with Crippen LogP contribution in [-0.4, -0.2) is 24.3 Å². The normalized spacial score (nSPS) is 10.0. The van der Waals surface area contributed by atoms with Gasteiger partial charge in [0.05, 0.1) is 0 Å². The highest BCUT2D eigenvalue weighted by molar-refractivity contribution is 5.90. The number of carboxylic acids is 1. The summed E-state index contributed by atoms with van der Waals surface area (Å²) in [6, 6.07) is 14.3. The van der Waals surface area contributed by atoms with E-state index in [4.69, 9.17) is 14.6 Å². The van der Waals surface area contributed by atoms with Crippen LogP contribution < -0.4 is 9.47 Å². The first kappa shape index (κ1) is 15.6. The molecule has 0 radical (unpaired) electrons. The number of rotatable bonds is 8. The summed E-state index contributed by atoms with van der Waals surface area (Å²) in [5, 5.41) is 9.07. The molecule has 0 saturated carbocycles. The van der Waals surface area contributed by atoms with Crippen LogP contribution in [0.5, 0.6) is 11.5 Å². The Kier molecular flexibility index (Phi) is 5.60. The van der Waals surface area contributed by atoms with Crippen molar-refractivity contribution < 1.29 is 19.4 Å². The van der Waals surface area contributed by atoms with Gasteiger partial charge < -0.3 is 14.6 Å². The van der Waals surface area contributed by atoms with Gasteiger partial charge in [0.15, 0.2) is 0 Å². The lowest BCUT2D eigenvalue weighted by atomic mass is 10.1. The van der Waals surface area contributed by atoms with Crippen molar-refractivity contribution in [3.63, 3.8) is 0 Å². The van der Waals surface area contributed by atoms with Gasteiger partial charge in [0.2, 0.25) is 0 Å².